The molecule has 142 valence electrons. The Morgan fingerprint density at radius 2 is 1.93 bits per heavy atom. The van der Waals surface area contributed by atoms with Gasteiger partial charge in [0.2, 0.25) is 0 Å². The number of nitrogens with one attached hydrogen (secondary N) is 1. The Hall–Kier alpha value is -2.56. The van der Waals surface area contributed by atoms with E-state index in [2.05, 4.69) is 5.32 Å². The number of carbonyl (C=O) groups is 2. The fourth-order valence-corrected chi connectivity index (χ4v) is 4.45. The van der Waals surface area contributed by atoms with Gasteiger partial charge in [0.05, 0.1) is 6.26 Å². The van der Waals surface area contributed by atoms with Crippen LogP contribution in [0.2, 0.25) is 0 Å². The van der Waals surface area contributed by atoms with Gasteiger partial charge in [-0.25, -0.2) is 0 Å². The Kier molecular flexibility index (Phi) is 5.01. The van der Waals surface area contributed by atoms with Crippen molar-refractivity contribution in [1.82, 2.24) is 4.90 Å². The summed E-state index contributed by atoms with van der Waals surface area (Å²) in [6.45, 7) is 3.62. The normalized spacial score (nSPS) is 22.2. The molecule has 1 aliphatic heterocycles. The van der Waals surface area contributed by atoms with E-state index in [9.17, 15) is 9.59 Å². The van der Waals surface area contributed by atoms with Crippen LogP contribution < -0.4 is 5.32 Å². The van der Waals surface area contributed by atoms with Crippen LogP contribution in [-0.2, 0) is 0 Å². The minimum Gasteiger partial charge on any atom is -0.459 e. The highest BCUT2D eigenvalue weighted by Crippen LogP contribution is 2.36. The van der Waals surface area contributed by atoms with Crippen molar-refractivity contribution in [2.75, 3.05) is 18.4 Å². The molecule has 0 radical (unpaired) electrons. The molecule has 2 atom stereocenters. The van der Waals surface area contributed by atoms with E-state index in [4.69, 9.17) is 4.42 Å². The monoisotopic (exact) mass is 366 g/mol. The molecule has 0 unspecified atom stereocenters. The maximum Gasteiger partial charge on any atom is 0.291 e. The van der Waals surface area contributed by atoms with Crippen molar-refractivity contribution in [2.45, 2.75) is 39.0 Å². The van der Waals surface area contributed by atoms with Crippen LogP contribution in [0.15, 0.2) is 41.0 Å². The number of rotatable bonds is 3. The summed E-state index contributed by atoms with van der Waals surface area (Å²) < 4.78 is 5.14. The van der Waals surface area contributed by atoms with Gasteiger partial charge in [-0.3, -0.25) is 9.59 Å². The minimum atomic E-state index is -0.310. The van der Waals surface area contributed by atoms with Crippen LogP contribution in [0.1, 0.15) is 58.6 Å². The summed E-state index contributed by atoms with van der Waals surface area (Å²) in [5.74, 6) is 1.46. The van der Waals surface area contributed by atoms with Gasteiger partial charge >= 0.3 is 0 Å². The quantitative estimate of drug-likeness (QED) is 0.870. The van der Waals surface area contributed by atoms with E-state index in [1.165, 1.54) is 31.9 Å². The highest BCUT2D eigenvalue weighted by atomic mass is 16.3. The van der Waals surface area contributed by atoms with E-state index in [0.717, 1.165) is 31.0 Å². The molecular weight excluding hydrogens is 340 g/mol. The van der Waals surface area contributed by atoms with E-state index >= 15 is 0 Å². The van der Waals surface area contributed by atoms with Crippen LogP contribution >= 0.6 is 0 Å². The Morgan fingerprint density at radius 1 is 1.11 bits per heavy atom. The van der Waals surface area contributed by atoms with Gasteiger partial charge in [-0.2, -0.15) is 0 Å². The van der Waals surface area contributed by atoms with Crippen LogP contribution in [0.4, 0.5) is 5.69 Å². The van der Waals surface area contributed by atoms with Gasteiger partial charge in [0.1, 0.15) is 0 Å². The number of anilines is 1. The maximum atomic E-state index is 13.0. The summed E-state index contributed by atoms with van der Waals surface area (Å²) in [6.07, 6.45) is 7.77. The highest BCUT2D eigenvalue weighted by Gasteiger charge is 2.33. The molecule has 2 heterocycles. The van der Waals surface area contributed by atoms with Gasteiger partial charge in [0.15, 0.2) is 5.76 Å². The summed E-state index contributed by atoms with van der Waals surface area (Å²) in [6, 6.07) is 8.82. The standard InChI is InChI=1S/C22H26N2O3/c1-15-8-9-17(13-19(15)23-21(25)20-7-4-12-27-20)22(26)24-11-10-16-5-2-3-6-18(16)14-24/h4,7-9,12-13,16,18H,2-3,5-6,10-11,14H2,1H3,(H,23,25)/t16-,18-/m1/s1. The topological polar surface area (TPSA) is 62.6 Å². The molecule has 5 nitrogen and oxygen atoms in total. The van der Waals surface area contributed by atoms with Gasteiger partial charge < -0.3 is 14.6 Å². The maximum absolute atomic E-state index is 13.0. The summed E-state index contributed by atoms with van der Waals surface area (Å²) in [5.41, 5.74) is 2.19. The Morgan fingerprint density at radius 3 is 2.70 bits per heavy atom. The molecule has 1 aliphatic carbocycles. The zero-order chi connectivity index (χ0) is 18.8. The number of hydrogen-bond acceptors (Lipinski definition) is 3. The smallest absolute Gasteiger partial charge is 0.291 e. The van der Waals surface area contributed by atoms with Crippen molar-refractivity contribution in [3.8, 4) is 0 Å². The number of likely N-dealkylation sites (tertiary alicyclic amines) is 1. The molecular formula is C22H26N2O3. The molecule has 1 saturated carbocycles. The van der Waals surface area contributed by atoms with Gasteiger partial charge in [-0.05, 0) is 61.4 Å². The molecule has 1 aromatic heterocycles. The first kappa shape index (κ1) is 17.8. The first-order valence-electron chi connectivity index (χ1n) is 9.86. The lowest BCUT2D eigenvalue weighted by atomic mass is 9.75. The highest BCUT2D eigenvalue weighted by molar-refractivity contribution is 6.03. The molecule has 2 aromatic rings. The second-order valence-corrected chi connectivity index (χ2v) is 7.81. The molecule has 2 aliphatic rings. The lowest BCUT2D eigenvalue weighted by Gasteiger charge is -2.41. The third-order valence-corrected chi connectivity index (χ3v) is 6.06. The first-order valence-corrected chi connectivity index (χ1v) is 9.86. The molecule has 2 amide bonds. The van der Waals surface area contributed by atoms with Crippen molar-refractivity contribution in [3.05, 3.63) is 53.5 Å². The average Bonchev–Trinajstić information content (AvgIpc) is 3.24. The Bertz CT molecular complexity index is 828. The Labute approximate surface area is 159 Å². The second-order valence-electron chi connectivity index (χ2n) is 7.81. The van der Waals surface area contributed by atoms with Gasteiger partial charge in [0.25, 0.3) is 11.8 Å². The number of fused-ring (bicyclic) bond motifs is 1. The van der Waals surface area contributed by atoms with Crippen molar-refractivity contribution < 1.29 is 14.0 Å². The number of furan rings is 1. The number of amides is 2. The van der Waals surface area contributed by atoms with Crippen molar-refractivity contribution in [2.24, 2.45) is 11.8 Å². The molecule has 0 bridgehead atoms. The van der Waals surface area contributed by atoms with Crippen LogP contribution in [0.25, 0.3) is 0 Å². The van der Waals surface area contributed by atoms with Crippen LogP contribution in [0, 0.1) is 18.8 Å². The number of piperidine rings is 1. The third kappa shape index (κ3) is 3.77. The molecule has 0 spiro atoms. The summed E-state index contributed by atoms with van der Waals surface area (Å²) in [5, 5.41) is 2.85. The zero-order valence-electron chi connectivity index (χ0n) is 15.7. The van der Waals surface area contributed by atoms with E-state index in [1.54, 1.807) is 18.2 Å². The molecule has 27 heavy (non-hydrogen) atoms. The number of hydrogen-bond donors (Lipinski definition) is 1. The predicted octanol–water partition coefficient (Wildman–Crippen LogP) is 4.49. The van der Waals surface area contributed by atoms with Crippen LogP contribution in [-0.4, -0.2) is 29.8 Å². The molecule has 1 aromatic carbocycles. The van der Waals surface area contributed by atoms with Gasteiger partial charge in [0, 0.05) is 24.3 Å². The van der Waals surface area contributed by atoms with Crippen LogP contribution in [0.5, 0.6) is 0 Å². The molecule has 1 N–H and O–H groups in total. The first-order chi connectivity index (χ1) is 13.1. The van der Waals surface area contributed by atoms with E-state index < -0.39 is 0 Å². The molecule has 2 fully saturated rings. The van der Waals surface area contributed by atoms with Crippen molar-refractivity contribution >= 4 is 17.5 Å². The molecule has 1 saturated heterocycles. The fraction of sp³-hybridized carbons (Fsp3) is 0.455. The summed E-state index contributed by atoms with van der Waals surface area (Å²) >= 11 is 0. The largest absolute Gasteiger partial charge is 0.459 e. The predicted molar refractivity (Wildman–Crippen MR) is 104 cm³/mol. The second kappa shape index (κ2) is 7.59. The summed E-state index contributed by atoms with van der Waals surface area (Å²) in [4.78, 5) is 27.3. The van der Waals surface area contributed by atoms with Crippen molar-refractivity contribution in [1.29, 1.82) is 0 Å². The van der Waals surface area contributed by atoms with Crippen molar-refractivity contribution in [3.63, 3.8) is 0 Å². The molecule has 5 heteroatoms. The number of benzene rings is 1. The number of aryl methyl sites for hydroxylation is 1. The SMILES string of the molecule is Cc1ccc(C(=O)N2CC[C@H]3CCCC[C@@H]3C2)cc1NC(=O)c1ccco1. The lowest BCUT2D eigenvalue weighted by molar-refractivity contribution is 0.0521. The summed E-state index contributed by atoms with van der Waals surface area (Å²) in [7, 11) is 0. The number of carbonyl (C=O) groups excluding carboxylic acids is 2. The third-order valence-electron chi connectivity index (χ3n) is 6.06. The average molecular weight is 366 g/mol. The van der Waals surface area contributed by atoms with E-state index in [-0.39, 0.29) is 17.6 Å². The molecule has 4 rings (SSSR count). The van der Waals surface area contributed by atoms with E-state index in [1.807, 2.05) is 24.0 Å². The zero-order valence-corrected chi connectivity index (χ0v) is 15.7. The minimum absolute atomic E-state index is 0.0625. The van der Waals surface area contributed by atoms with Crippen LogP contribution in [0.3, 0.4) is 0 Å². The van der Waals surface area contributed by atoms with Gasteiger partial charge in [-0.15, -0.1) is 0 Å². The van der Waals surface area contributed by atoms with E-state index in [0.29, 0.717) is 17.2 Å². The fourth-order valence-electron chi connectivity index (χ4n) is 4.45. The number of nitrogens with zero attached hydrogens (tertiary/aromatic N) is 1. The lowest BCUT2D eigenvalue weighted by Crippen LogP contribution is -2.44. The Balaban J connectivity index is 1.48. The van der Waals surface area contributed by atoms with Gasteiger partial charge in [-0.1, -0.05) is 25.3 Å².